The van der Waals surface area contributed by atoms with Crippen LogP contribution in [0.5, 0.6) is 0 Å². The first kappa shape index (κ1) is 14.0. The minimum absolute atomic E-state index is 0.0843. The molecule has 1 aromatic rings. The minimum Gasteiger partial charge on any atom is -0.476 e. The highest BCUT2D eigenvalue weighted by molar-refractivity contribution is 5.85. The molecule has 1 aliphatic rings. The van der Waals surface area contributed by atoms with E-state index in [2.05, 4.69) is 15.0 Å². The lowest BCUT2D eigenvalue weighted by Gasteiger charge is -2.25. The molecule has 7 heteroatoms. The Morgan fingerprint density at radius 1 is 1.63 bits per heavy atom. The molecule has 2 rings (SSSR count). The molecule has 0 bridgehead atoms. The van der Waals surface area contributed by atoms with E-state index >= 15 is 0 Å². The van der Waals surface area contributed by atoms with Gasteiger partial charge in [-0.2, -0.15) is 0 Å². The van der Waals surface area contributed by atoms with E-state index < -0.39 is 5.97 Å². The molecular weight excluding hydrogens is 250 g/mol. The molecule has 2 atom stereocenters. The molecule has 0 radical (unpaired) electrons. The quantitative estimate of drug-likeness (QED) is 0.769. The van der Waals surface area contributed by atoms with Gasteiger partial charge in [0.1, 0.15) is 0 Å². The number of hydrogen-bond acceptors (Lipinski definition) is 6. The van der Waals surface area contributed by atoms with Crippen molar-refractivity contribution in [3.8, 4) is 0 Å². The number of rotatable bonds is 5. The molecular formula is C12H19N3O4. The van der Waals surface area contributed by atoms with E-state index in [1.54, 1.807) is 0 Å². The molecule has 2 unspecified atom stereocenters. The number of likely N-dealkylation sites (tertiary alicyclic amines) is 1. The minimum atomic E-state index is -1.10. The number of aromatic nitrogens is 1. The zero-order valence-electron chi connectivity index (χ0n) is 11.1. The number of aliphatic hydroxyl groups excluding tert-OH is 1. The van der Waals surface area contributed by atoms with Gasteiger partial charge in [-0.15, -0.1) is 0 Å². The summed E-state index contributed by atoms with van der Waals surface area (Å²) in [6.07, 6.45) is 0.379. The van der Waals surface area contributed by atoms with Crippen LogP contribution in [0.25, 0.3) is 0 Å². The van der Waals surface area contributed by atoms with Crippen LogP contribution in [0.15, 0.2) is 10.6 Å². The lowest BCUT2D eigenvalue weighted by atomic mass is 10.2. The van der Waals surface area contributed by atoms with Gasteiger partial charge in [0.25, 0.3) is 0 Å². The number of hydrogen-bond donors (Lipinski definition) is 2. The van der Waals surface area contributed by atoms with E-state index in [4.69, 9.17) is 9.63 Å². The summed E-state index contributed by atoms with van der Waals surface area (Å²) in [6, 6.07) is 1.67. The molecule has 0 amide bonds. The third kappa shape index (κ3) is 3.52. The monoisotopic (exact) mass is 269 g/mol. The number of aromatic carboxylic acids is 1. The maximum absolute atomic E-state index is 10.7. The van der Waals surface area contributed by atoms with Crippen LogP contribution in [-0.2, 0) is 6.54 Å². The second-order valence-corrected chi connectivity index (χ2v) is 5.22. The van der Waals surface area contributed by atoms with Crippen molar-refractivity contribution >= 4 is 5.97 Å². The van der Waals surface area contributed by atoms with Gasteiger partial charge in [-0.25, -0.2) is 4.79 Å². The summed E-state index contributed by atoms with van der Waals surface area (Å²) in [6.45, 7) is 1.88. The van der Waals surface area contributed by atoms with Crippen LogP contribution >= 0.6 is 0 Å². The first-order valence-electron chi connectivity index (χ1n) is 6.21. The summed E-state index contributed by atoms with van der Waals surface area (Å²) in [7, 11) is 3.97. The maximum Gasteiger partial charge on any atom is 0.358 e. The number of aliphatic hydroxyl groups is 1. The number of likely N-dealkylation sites (N-methyl/N-ethyl adjacent to an activating group) is 1. The highest BCUT2D eigenvalue weighted by atomic mass is 16.5. The van der Waals surface area contributed by atoms with Crippen LogP contribution in [-0.4, -0.2) is 70.5 Å². The van der Waals surface area contributed by atoms with Gasteiger partial charge < -0.3 is 19.6 Å². The second kappa shape index (κ2) is 5.68. The molecule has 106 valence electrons. The lowest BCUT2D eigenvalue weighted by molar-refractivity contribution is 0.0685. The van der Waals surface area contributed by atoms with Gasteiger partial charge in [0.15, 0.2) is 11.5 Å². The Kier molecular flexibility index (Phi) is 4.18. The van der Waals surface area contributed by atoms with Crippen LogP contribution < -0.4 is 0 Å². The summed E-state index contributed by atoms with van der Waals surface area (Å²) in [5.74, 6) is -0.587. The highest BCUT2D eigenvalue weighted by Crippen LogP contribution is 2.21. The second-order valence-electron chi connectivity index (χ2n) is 5.22. The zero-order valence-corrected chi connectivity index (χ0v) is 11.1. The Bertz CT molecular complexity index is 446. The van der Waals surface area contributed by atoms with Crippen molar-refractivity contribution in [2.24, 2.45) is 0 Å². The Balaban J connectivity index is 2.01. The molecule has 2 N–H and O–H groups in total. The van der Waals surface area contributed by atoms with Gasteiger partial charge in [-0.1, -0.05) is 5.16 Å². The predicted molar refractivity (Wildman–Crippen MR) is 66.8 cm³/mol. The molecule has 0 aromatic carbocycles. The van der Waals surface area contributed by atoms with Gasteiger partial charge >= 0.3 is 5.97 Å². The molecule has 1 saturated heterocycles. The van der Waals surface area contributed by atoms with Crippen LogP contribution in [0.2, 0.25) is 0 Å². The Labute approximate surface area is 111 Å². The highest BCUT2D eigenvalue weighted by Gasteiger charge is 2.32. The van der Waals surface area contributed by atoms with E-state index in [1.807, 2.05) is 14.1 Å². The van der Waals surface area contributed by atoms with E-state index in [0.717, 1.165) is 13.0 Å². The van der Waals surface area contributed by atoms with Crippen LogP contribution in [0.1, 0.15) is 22.7 Å². The topological polar surface area (TPSA) is 90.0 Å². The SMILES string of the molecule is CN(C)CC1CC(O)CN1Cc1cc(C(=O)O)no1. The van der Waals surface area contributed by atoms with Gasteiger partial charge in [0, 0.05) is 25.2 Å². The van der Waals surface area contributed by atoms with Crippen molar-refractivity contribution in [1.82, 2.24) is 15.0 Å². The summed E-state index contributed by atoms with van der Waals surface area (Å²) in [5.41, 5.74) is -0.0843. The molecule has 0 spiro atoms. The van der Waals surface area contributed by atoms with Gasteiger partial charge in [0.05, 0.1) is 12.6 Å². The smallest absolute Gasteiger partial charge is 0.358 e. The summed E-state index contributed by atoms with van der Waals surface area (Å²) in [5, 5.41) is 22.0. The number of carboxylic acids is 1. The van der Waals surface area contributed by atoms with Crippen molar-refractivity contribution in [3.05, 3.63) is 17.5 Å². The average molecular weight is 269 g/mol. The fourth-order valence-corrected chi connectivity index (χ4v) is 2.45. The van der Waals surface area contributed by atoms with Crippen molar-refractivity contribution in [2.45, 2.75) is 25.1 Å². The molecule has 0 saturated carbocycles. The van der Waals surface area contributed by atoms with Crippen molar-refractivity contribution in [1.29, 1.82) is 0 Å². The third-order valence-electron chi connectivity index (χ3n) is 3.22. The lowest BCUT2D eigenvalue weighted by Crippen LogP contribution is -2.37. The van der Waals surface area contributed by atoms with Crippen LogP contribution in [0.4, 0.5) is 0 Å². The Hall–Kier alpha value is -1.44. The summed E-state index contributed by atoms with van der Waals surface area (Å²) >= 11 is 0. The van der Waals surface area contributed by atoms with Gasteiger partial charge in [-0.3, -0.25) is 4.90 Å². The molecule has 19 heavy (non-hydrogen) atoms. The number of nitrogens with zero attached hydrogens (tertiary/aromatic N) is 3. The number of carbonyl (C=O) groups is 1. The average Bonchev–Trinajstić information content (AvgIpc) is 2.86. The molecule has 1 aromatic heterocycles. The Morgan fingerprint density at radius 3 is 2.95 bits per heavy atom. The standard InChI is InChI=1S/C12H19N3O4/c1-14(2)5-8-3-9(16)6-15(8)7-10-4-11(12(17)18)13-19-10/h4,8-9,16H,3,5-7H2,1-2H3,(H,17,18). The fourth-order valence-electron chi connectivity index (χ4n) is 2.45. The first-order chi connectivity index (χ1) is 8.95. The molecule has 2 heterocycles. The Morgan fingerprint density at radius 2 is 2.37 bits per heavy atom. The number of carboxylic acid groups (broad SMARTS) is 1. The van der Waals surface area contributed by atoms with Crippen LogP contribution in [0, 0.1) is 0 Å². The van der Waals surface area contributed by atoms with E-state index in [0.29, 0.717) is 18.8 Å². The molecule has 1 aliphatic heterocycles. The first-order valence-corrected chi connectivity index (χ1v) is 6.21. The van der Waals surface area contributed by atoms with Crippen LogP contribution in [0.3, 0.4) is 0 Å². The zero-order chi connectivity index (χ0) is 14.0. The fraction of sp³-hybridized carbons (Fsp3) is 0.667. The molecule has 0 aliphatic carbocycles. The molecule has 1 fully saturated rings. The third-order valence-corrected chi connectivity index (χ3v) is 3.22. The normalized spacial score (nSPS) is 24.2. The maximum atomic E-state index is 10.7. The molecule has 7 nitrogen and oxygen atoms in total. The summed E-state index contributed by atoms with van der Waals surface area (Å²) < 4.78 is 5.01. The summed E-state index contributed by atoms with van der Waals surface area (Å²) in [4.78, 5) is 14.9. The van der Waals surface area contributed by atoms with Gasteiger partial charge in [0.2, 0.25) is 0 Å². The largest absolute Gasteiger partial charge is 0.476 e. The van der Waals surface area contributed by atoms with Crippen molar-refractivity contribution in [3.63, 3.8) is 0 Å². The van der Waals surface area contributed by atoms with Crippen molar-refractivity contribution < 1.29 is 19.5 Å². The van der Waals surface area contributed by atoms with Gasteiger partial charge in [-0.05, 0) is 20.5 Å². The van der Waals surface area contributed by atoms with E-state index in [9.17, 15) is 9.90 Å². The predicted octanol–water partition coefficient (Wildman–Crippen LogP) is -0.130. The number of β-amino-alcohol motifs (C(OH)–C–C–N with tert-alkyl or cyclic N) is 1. The van der Waals surface area contributed by atoms with E-state index in [-0.39, 0.29) is 17.8 Å². The van der Waals surface area contributed by atoms with E-state index in [1.165, 1.54) is 6.07 Å². The van der Waals surface area contributed by atoms with Crippen molar-refractivity contribution in [2.75, 3.05) is 27.2 Å².